The highest BCUT2D eigenvalue weighted by Gasteiger charge is 2.18. The number of aryl methyl sites for hydroxylation is 2. The molecule has 5 heteroatoms. The van der Waals surface area contributed by atoms with E-state index >= 15 is 0 Å². The molecule has 1 aromatic carbocycles. The molecule has 0 unspecified atom stereocenters. The molecule has 0 saturated carbocycles. The minimum absolute atomic E-state index is 0.341. The van der Waals surface area contributed by atoms with Crippen LogP contribution in [-0.4, -0.2) is 17.1 Å². The van der Waals surface area contributed by atoms with Crippen LogP contribution in [0.1, 0.15) is 23.0 Å². The van der Waals surface area contributed by atoms with Crippen LogP contribution in [0.4, 0.5) is 0 Å². The van der Waals surface area contributed by atoms with Crippen molar-refractivity contribution in [3.05, 3.63) is 33.4 Å². The van der Waals surface area contributed by atoms with Crippen LogP contribution >= 0.6 is 23.2 Å². The smallest absolute Gasteiger partial charge is 0.354 e. The number of benzene rings is 1. The molecule has 0 fully saturated rings. The summed E-state index contributed by atoms with van der Waals surface area (Å²) in [6.07, 6.45) is 0. The number of carbonyl (C=O) groups is 1. The van der Waals surface area contributed by atoms with Crippen molar-refractivity contribution in [2.24, 2.45) is 7.05 Å². The van der Waals surface area contributed by atoms with Gasteiger partial charge in [0.25, 0.3) is 0 Å². The fourth-order valence-electron chi connectivity index (χ4n) is 1.93. The summed E-state index contributed by atoms with van der Waals surface area (Å²) in [5.74, 6) is -0.360. The van der Waals surface area contributed by atoms with Gasteiger partial charge in [0.2, 0.25) is 0 Å². The van der Waals surface area contributed by atoms with Crippen molar-refractivity contribution in [2.75, 3.05) is 6.61 Å². The van der Waals surface area contributed by atoms with Gasteiger partial charge in [0.1, 0.15) is 5.69 Å². The second-order valence-electron chi connectivity index (χ2n) is 4.06. The highest BCUT2D eigenvalue weighted by atomic mass is 35.5. The minimum atomic E-state index is -0.360. The molecule has 0 bridgehead atoms. The molecule has 1 heterocycles. The minimum Gasteiger partial charge on any atom is -0.461 e. The molecule has 0 aliphatic carbocycles. The van der Waals surface area contributed by atoms with E-state index in [2.05, 4.69) is 0 Å². The normalized spacial score (nSPS) is 10.9. The third-order valence-corrected chi connectivity index (χ3v) is 3.87. The molecule has 0 N–H and O–H groups in total. The summed E-state index contributed by atoms with van der Waals surface area (Å²) in [6, 6.07) is 3.62. The molecule has 0 amide bonds. The van der Waals surface area contributed by atoms with E-state index in [0.717, 1.165) is 16.5 Å². The second kappa shape index (κ2) is 4.82. The van der Waals surface area contributed by atoms with Gasteiger partial charge in [-0.05, 0) is 31.5 Å². The largest absolute Gasteiger partial charge is 0.461 e. The Morgan fingerprint density at radius 3 is 2.61 bits per heavy atom. The number of halogens is 2. The Kier molecular flexibility index (Phi) is 3.55. The molecule has 2 aromatic rings. The van der Waals surface area contributed by atoms with Crippen LogP contribution in [-0.2, 0) is 11.8 Å². The second-order valence-corrected chi connectivity index (χ2v) is 4.82. The van der Waals surface area contributed by atoms with Gasteiger partial charge in [-0.25, -0.2) is 4.79 Å². The SMILES string of the molecule is CCOC(=O)c1cc2c(Cl)c(Cl)c(C)cc2n1C. The first kappa shape index (κ1) is 13.2. The molecule has 18 heavy (non-hydrogen) atoms. The number of carbonyl (C=O) groups excluding carboxylic acids is 1. The first-order chi connectivity index (χ1) is 8.47. The fourth-order valence-corrected chi connectivity index (χ4v) is 2.39. The van der Waals surface area contributed by atoms with Gasteiger partial charge in [0.05, 0.1) is 22.2 Å². The Morgan fingerprint density at radius 2 is 2.00 bits per heavy atom. The summed E-state index contributed by atoms with van der Waals surface area (Å²) < 4.78 is 6.77. The van der Waals surface area contributed by atoms with E-state index in [1.807, 2.05) is 13.0 Å². The predicted molar refractivity (Wildman–Crippen MR) is 73.6 cm³/mol. The van der Waals surface area contributed by atoms with E-state index in [0.29, 0.717) is 22.3 Å². The zero-order valence-electron chi connectivity index (χ0n) is 10.4. The highest BCUT2D eigenvalue weighted by molar-refractivity contribution is 6.45. The molecular formula is C13H13Cl2NO2. The molecule has 3 nitrogen and oxygen atoms in total. The van der Waals surface area contributed by atoms with Gasteiger partial charge in [-0.2, -0.15) is 0 Å². The van der Waals surface area contributed by atoms with Gasteiger partial charge >= 0.3 is 5.97 Å². The van der Waals surface area contributed by atoms with Crippen molar-refractivity contribution >= 4 is 40.1 Å². The molecule has 0 spiro atoms. The number of nitrogens with zero attached hydrogens (tertiary/aromatic N) is 1. The average molecular weight is 286 g/mol. The van der Waals surface area contributed by atoms with Gasteiger partial charge in [0.15, 0.2) is 0 Å². The van der Waals surface area contributed by atoms with Crippen LogP contribution < -0.4 is 0 Å². The molecule has 0 aliphatic rings. The van der Waals surface area contributed by atoms with E-state index in [9.17, 15) is 4.79 Å². The zero-order valence-corrected chi connectivity index (χ0v) is 11.9. The highest BCUT2D eigenvalue weighted by Crippen LogP contribution is 2.35. The molecule has 0 atom stereocenters. The first-order valence-corrected chi connectivity index (χ1v) is 6.34. The van der Waals surface area contributed by atoms with Crippen molar-refractivity contribution in [3.8, 4) is 0 Å². The summed E-state index contributed by atoms with van der Waals surface area (Å²) >= 11 is 12.3. The Morgan fingerprint density at radius 1 is 1.33 bits per heavy atom. The molecule has 96 valence electrons. The number of ether oxygens (including phenoxy) is 1. The third-order valence-electron chi connectivity index (χ3n) is 2.89. The summed E-state index contributed by atoms with van der Waals surface area (Å²) in [6.45, 7) is 3.99. The summed E-state index contributed by atoms with van der Waals surface area (Å²) in [4.78, 5) is 11.8. The molecule has 0 aliphatic heterocycles. The summed E-state index contributed by atoms with van der Waals surface area (Å²) in [5.41, 5.74) is 2.21. The third kappa shape index (κ3) is 1.98. The van der Waals surface area contributed by atoms with Crippen LogP contribution in [0.25, 0.3) is 10.9 Å². The van der Waals surface area contributed by atoms with E-state index in [-0.39, 0.29) is 5.97 Å². The quantitative estimate of drug-likeness (QED) is 0.782. The predicted octanol–water partition coefficient (Wildman–Crippen LogP) is 3.97. The van der Waals surface area contributed by atoms with Gasteiger partial charge in [0, 0.05) is 12.4 Å². The van der Waals surface area contributed by atoms with Crippen molar-refractivity contribution in [2.45, 2.75) is 13.8 Å². The van der Waals surface area contributed by atoms with Crippen molar-refractivity contribution in [1.82, 2.24) is 4.57 Å². The van der Waals surface area contributed by atoms with E-state index in [1.165, 1.54) is 0 Å². The van der Waals surface area contributed by atoms with E-state index < -0.39 is 0 Å². The standard InChI is InChI=1S/C13H13Cl2NO2/c1-4-18-13(17)10-6-8-9(16(10)3)5-7(2)11(14)12(8)15/h5-6H,4H2,1-3H3. The topological polar surface area (TPSA) is 31.2 Å². The maximum atomic E-state index is 11.8. The van der Waals surface area contributed by atoms with Crippen molar-refractivity contribution in [3.63, 3.8) is 0 Å². The lowest BCUT2D eigenvalue weighted by atomic mass is 10.2. The van der Waals surface area contributed by atoms with Gasteiger partial charge in [-0.1, -0.05) is 23.2 Å². The van der Waals surface area contributed by atoms with Crippen LogP contribution in [0.2, 0.25) is 10.0 Å². The van der Waals surface area contributed by atoms with Crippen molar-refractivity contribution in [1.29, 1.82) is 0 Å². The Bertz CT molecular complexity index is 632. The molecule has 0 saturated heterocycles. The number of fused-ring (bicyclic) bond motifs is 1. The zero-order chi connectivity index (χ0) is 13.4. The van der Waals surface area contributed by atoms with E-state index in [4.69, 9.17) is 27.9 Å². The van der Waals surface area contributed by atoms with Crippen LogP contribution in [0, 0.1) is 6.92 Å². The van der Waals surface area contributed by atoms with Gasteiger partial charge in [-0.15, -0.1) is 0 Å². The number of hydrogen-bond acceptors (Lipinski definition) is 2. The summed E-state index contributed by atoms with van der Waals surface area (Å²) in [5, 5.41) is 1.75. The Balaban J connectivity index is 2.70. The van der Waals surface area contributed by atoms with E-state index in [1.54, 1.807) is 24.6 Å². The fraction of sp³-hybridized carbons (Fsp3) is 0.308. The maximum absolute atomic E-state index is 11.8. The molecule has 1 aromatic heterocycles. The lowest BCUT2D eigenvalue weighted by molar-refractivity contribution is 0.0516. The lowest BCUT2D eigenvalue weighted by Gasteiger charge is -2.05. The van der Waals surface area contributed by atoms with Gasteiger partial charge in [-0.3, -0.25) is 0 Å². The number of rotatable bonds is 2. The molecule has 0 radical (unpaired) electrons. The molecular weight excluding hydrogens is 273 g/mol. The van der Waals surface area contributed by atoms with Crippen molar-refractivity contribution < 1.29 is 9.53 Å². The maximum Gasteiger partial charge on any atom is 0.354 e. The summed E-state index contributed by atoms with van der Waals surface area (Å²) in [7, 11) is 1.80. The monoisotopic (exact) mass is 285 g/mol. The van der Waals surface area contributed by atoms with Gasteiger partial charge < -0.3 is 9.30 Å². The number of esters is 1. The van der Waals surface area contributed by atoms with Crippen LogP contribution in [0.15, 0.2) is 12.1 Å². The number of hydrogen-bond donors (Lipinski definition) is 0. The molecule has 2 rings (SSSR count). The average Bonchev–Trinajstić information content (AvgIpc) is 2.65. The van der Waals surface area contributed by atoms with Crippen LogP contribution in [0.5, 0.6) is 0 Å². The Hall–Kier alpha value is -1.19. The Labute approximate surface area is 115 Å². The van der Waals surface area contributed by atoms with Crippen LogP contribution in [0.3, 0.4) is 0 Å². The first-order valence-electron chi connectivity index (χ1n) is 5.58. The lowest BCUT2D eigenvalue weighted by Crippen LogP contribution is -2.09. The number of aromatic nitrogens is 1.